The molecule has 1 heterocycles. The average molecular weight is 270 g/mol. The van der Waals surface area contributed by atoms with E-state index in [0.717, 1.165) is 0 Å². The maximum atomic E-state index is 12.6. The Morgan fingerprint density at radius 3 is 2.44 bits per heavy atom. The molecule has 0 fully saturated rings. The molecular formula is C12H13F2N2OP. The summed E-state index contributed by atoms with van der Waals surface area (Å²) in [4.78, 5) is 3.86. The number of halogens is 2. The quantitative estimate of drug-likeness (QED) is 0.674. The van der Waals surface area contributed by atoms with Gasteiger partial charge in [-0.3, -0.25) is 0 Å². The van der Waals surface area contributed by atoms with Gasteiger partial charge in [0.25, 0.3) is 6.43 Å². The van der Waals surface area contributed by atoms with Gasteiger partial charge in [0.15, 0.2) is 0 Å². The number of hydrogen-bond donors (Lipinski definition) is 1. The summed E-state index contributed by atoms with van der Waals surface area (Å²) >= 11 is 0. The third-order valence-corrected chi connectivity index (χ3v) is 4.23. The van der Waals surface area contributed by atoms with Crippen LogP contribution < -0.4 is 11.0 Å². The number of nitrogen functional groups attached to an aromatic ring is 1. The number of rotatable bonds is 2. The number of pyridine rings is 1. The van der Waals surface area contributed by atoms with Crippen LogP contribution in [0.5, 0.6) is 0 Å². The molecular weight excluding hydrogens is 257 g/mol. The van der Waals surface area contributed by atoms with Crippen LogP contribution in [0.25, 0.3) is 10.9 Å². The summed E-state index contributed by atoms with van der Waals surface area (Å²) in [6, 6.07) is 5.87. The maximum absolute atomic E-state index is 12.6. The summed E-state index contributed by atoms with van der Waals surface area (Å²) in [6.45, 7) is 3.19. The van der Waals surface area contributed by atoms with Crippen molar-refractivity contribution in [2.75, 3.05) is 19.1 Å². The number of anilines is 1. The van der Waals surface area contributed by atoms with Gasteiger partial charge < -0.3 is 10.3 Å². The Kier molecular flexibility index (Phi) is 3.11. The van der Waals surface area contributed by atoms with Gasteiger partial charge in [-0.15, -0.1) is 0 Å². The van der Waals surface area contributed by atoms with Crippen molar-refractivity contribution in [2.45, 2.75) is 6.43 Å². The van der Waals surface area contributed by atoms with E-state index >= 15 is 0 Å². The van der Waals surface area contributed by atoms with Crippen LogP contribution >= 0.6 is 7.14 Å². The molecule has 6 heteroatoms. The van der Waals surface area contributed by atoms with Crippen LogP contribution in [0.1, 0.15) is 12.1 Å². The summed E-state index contributed by atoms with van der Waals surface area (Å²) < 4.78 is 37.3. The van der Waals surface area contributed by atoms with Crippen molar-refractivity contribution in [1.29, 1.82) is 0 Å². The minimum absolute atomic E-state index is 0.291. The molecule has 0 saturated carbocycles. The third-order valence-electron chi connectivity index (χ3n) is 2.66. The Morgan fingerprint density at radius 2 is 1.89 bits per heavy atom. The largest absolute Gasteiger partial charge is 0.398 e. The first-order chi connectivity index (χ1) is 8.30. The van der Waals surface area contributed by atoms with Gasteiger partial charge in [0, 0.05) is 16.4 Å². The summed E-state index contributed by atoms with van der Waals surface area (Å²) in [5.41, 5.74) is 6.33. The molecule has 96 valence electrons. The Morgan fingerprint density at radius 1 is 1.22 bits per heavy atom. The van der Waals surface area contributed by atoms with Crippen molar-refractivity contribution >= 4 is 29.0 Å². The Balaban J connectivity index is 2.80. The zero-order valence-electron chi connectivity index (χ0n) is 10.0. The van der Waals surface area contributed by atoms with E-state index in [2.05, 4.69) is 4.98 Å². The van der Waals surface area contributed by atoms with Crippen LogP contribution in [0, 0.1) is 0 Å². The number of benzene rings is 1. The molecule has 0 aliphatic carbocycles. The number of hydrogen-bond acceptors (Lipinski definition) is 3. The van der Waals surface area contributed by atoms with E-state index in [9.17, 15) is 13.3 Å². The molecule has 0 aliphatic heterocycles. The molecule has 0 atom stereocenters. The SMILES string of the molecule is CP(C)(=O)c1c(N)ccc2nc(C(F)F)ccc12. The molecule has 0 saturated heterocycles. The highest BCUT2D eigenvalue weighted by Crippen LogP contribution is 2.40. The summed E-state index contributed by atoms with van der Waals surface area (Å²) in [7, 11) is -2.59. The van der Waals surface area contributed by atoms with Gasteiger partial charge in [0.05, 0.1) is 5.52 Å². The Bertz CT molecular complexity index is 652. The molecule has 2 N–H and O–H groups in total. The van der Waals surface area contributed by atoms with E-state index in [1.165, 1.54) is 12.1 Å². The van der Waals surface area contributed by atoms with Gasteiger partial charge in [-0.05, 0) is 37.6 Å². The first-order valence-electron chi connectivity index (χ1n) is 5.33. The van der Waals surface area contributed by atoms with E-state index in [4.69, 9.17) is 5.73 Å². The third kappa shape index (κ3) is 2.23. The van der Waals surface area contributed by atoms with Gasteiger partial charge >= 0.3 is 0 Å². The molecule has 0 radical (unpaired) electrons. The lowest BCUT2D eigenvalue weighted by Gasteiger charge is -2.14. The second-order valence-electron chi connectivity index (χ2n) is 4.46. The van der Waals surface area contributed by atoms with E-state index in [1.54, 1.807) is 25.5 Å². The fourth-order valence-electron chi connectivity index (χ4n) is 1.94. The highest BCUT2D eigenvalue weighted by molar-refractivity contribution is 7.71. The van der Waals surface area contributed by atoms with E-state index in [1.807, 2.05) is 0 Å². The number of nitrogens with two attached hydrogens (primary N) is 1. The molecule has 2 aromatic rings. The van der Waals surface area contributed by atoms with Crippen molar-refractivity contribution in [2.24, 2.45) is 0 Å². The van der Waals surface area contributed by atoms with Gasteiger partial charge in [0.1, 0.15) is 12.8 Å². The van der Waals surface area contributed by atoms with Gasteiger partial charge in [-0.25, -0.2) is 13.8 Å². The highest BCUT2D eigenvalue weighted by Gasteiger charge is 2.19. The Hall–Kier alpha value is -1.48. The van der Waals surface area contributed by atoms with Gasteiger partial charge in [0.2, 0.25) is 0 Å². The number of alkyl halides is 2. The van der Waals surface area contributed by atoms with Gasteiger partial charge in [-0.2, -0.15) is 0 Å². The fraction of sp³-hybridized carbons (Fsp3) is 0.250. The smallest absolute Gasteiger partial charge is 0.280 e. The van der Waals surface area contributed by atoms with Crippen LogP contribution in [-0.2, 0) is 4.57 Å². The van der Waals surface area contributed by atoms with Crippen molar-refractivity contribution in [1.82, 2.24) is 4.98 Å². The van der Waals surface area contributed by atoms with E-state index < -0.39 is 13.6 Å². The van der Waals surface area contributed by atoms with Crippen molar-refractivity contribution in [3.8, 4) is 0 Å². The fourth-order valence-corrected chi connectivity index (χ4v) is 3.41. The van der Waals surface area contributed by atoms with Gasteiger partial charge in [-0.1, -0.05) is 0 Å². The monoisotopic (exact) mass is 270 g/mol. The summed E-state index contributed by atoms with van der Waals surface area (Å²) in [5.74, 6) is 0. The first kappa shape index (κ1) is 13.0. The van der Waals surface area contributed by atoms with E-state index in [0.29, 0.717) is 21.9 Å². The normalized spacial score (nSPS) is 12.3. The second-order valence-corrected chi connectivity index (χ2v) is 7.61. The predicted octanol–water partition coefficient (Wildman–Crippen LogP) is 3.00. The number of aromatic nitrogens is 1. The molecule has 0 amide bonds. The topological polar surface area (TPSA) is 56.0 Å². The maximum Gasteiger partial charge on any atom is 0.280 e. The highest BCUT2D eigenvalue weighted by atomic mass is 31.2. The molecule has 3 nitrogen and oxygen atoms in total. The van der Waals surface area contributed by atoms with Crippen LogP contribution in [0.3, 0.4) is 0 Å². The first-order valence-corrected chi connectivity index (χ1v) is 7.93. The molecule has 18 heavy (non-hydrogen) atoms. The molecule has 0 aliphatic rings. The zero-order chi connectivity index (χ0) is 13.5. The molecule has 0 spiro atoms. The Labute approximate surface area is 103 Å². The average Bonchev–Trinajstić information content (AvgIpc) is 2.26. The molecule has 0 bridgehead atoms. The zero-order valence-corrected chi connectivity index (χ0v) is 10.9. The van der Waals surface area contributed by atoms with Crippen molar-refractivity contribution in [3.05, 3.63) is 30.0 Å². The molecule has 0 unspecified atom stereocenters. The lowest BCUT2D eigenvalue weighted by Crippen LogP contribution is -2.12. The molecule has 1 aromatic carbocycles. The molecule has 2 rings (SSSR count). The predicted molar refractivity (Wildman–Crippen MR) is 70.2 cm³/mol. The van der Waals surface area contributed by atoms with E-state index in [-0.39, 0.29) is 5.69 Å². The number of fused-ring (bicyclic) bond motifs is 1. The van der Waals surface area contributed by atoms with Crippen LogP contribution in [0.15, 0.2) is 24.3 Å². The molecule has 1 aromatic heterocycles. The van der Waals surface area contributed by atoms with Crippen molar-refractivity contribution < 1.29 is 13.3 Å². The van der Waals surface area contributed by atoms with Crippen LogP contribution in [0.4, 0.5) is 14.5 Å². The minimum Gasteiger partial charge on any atom is -0.398 e. The summed E-state index contributed by atoms with van der Waals surface area (Å²) in [6.07, 6.45) is -2.62. The standard InChI is InChI=1S/C12H13F2N2OP/c1-18(2,17)11-7-3-5-10(12(13)14)16-9(7)6-4-8(11)15/h3-6,12H,15H2,1-2H3. The van der Waals surface area contributed by atoms with Crippen molar-refractivity contribution in [3.63, 3.8) is 0 Å². The second kappa shape index (κ2) is 4.32. The van der Waals surface area contributed by atoms with Crippen LogP contribution in [-0.4, -0.2) is 18.3 Å². The lowest BCUT2D eigenvalue weighted by molar-refractivity contribution is 0.146. The number of nitrogens with zero attached hydrogens (tertiary/aromatic N) is 1. The summed E-state index contributed by atoms with van der Waals surface area (Å²) in [5, 5.41) is 1.08. The minimum atomic E-state index is -2.62. The van der Waals surface area contributed by atoms with Crippen LogP contribution in [0.2, 0.25) is 0 Å². The lowest BCUT2D eigenvalue weighted by atomic mass is 10.2.